The topological polar surface area (TPSA) is 68.0 Å². The van der Waals surface area contributed by atoms with Gasteiger partial charge in [-0.2, -0.15) is 0 Å². The fourth-order valence-corrected chi connectivity index (χ4v) is 1.82. The Kier molecular flexibility index (Phi) is 3.80. The normalized spacial score (nSPS) is 11.9. The summed E-state index contributed by atoms with van der Waals surface area (Å²) in [6.07, 6.45) is 3.35. The summed E-state index contributed by atoms with van der Waals surface area (Å²) in [5.41, 5.74) is 9.02. The van der Waals surface area contributed by atoms with Crippen LogP contribution in [0.5, 0.6) is 0 Å². The van der Waals surface area contributed by atoms with Crippen molar-refractivity contribution in [3.05, 3.63) is 53.9 Å². The summed E-state index contributed by atoms with van der Waals surface area (Å²) in [4.78, 5) is 16.2. The quantitative estimate of drug-likeness (QED) is 0.829. The van der Waals surface area contributed by atoms with E-state index in [4.69, 9.17) is 5.73 Å². The SMILES string of the molecule is Cc1ccncc1NC(=O)C(C)c1cccc(N)c1. The van der Waals surface area contributed by atoms with Crippen LogP contribution >= 0.6 is 0 Å². The maximum Gasteiger partial charge on any atom is 0.231 e. The van der Waals surface area contributed by atoms with E-state index in [0.29, 0.717) is 5.69 Å². The summed E-state index contributed by atoms with van der Waals surface area (Å²) in [5, 5.41) is 2.89. The highest BCUT2D eigenvalue weighted by Crippen LogP contribution is 2.20. The van der Waals surface area contributed by atoms with E-state index in [2.05, 4.69) is 10.3 Å². The van der Waals surface area contributed by atoms with Crippen molar-refractivity contribution in [3.8, 4) is 0 Å². The number of nitrogen functional groups attached to an aromatic ring is 1. The number of carbonyl (C=O) groups is 1. The van der Waals surface area contributed by atoms with Crippen LogP contribution in [-0.2, 0) is 4.79 Å². The molecule has 0 aliphatic rings. The van der Waals surface area contributed by atoms with Gasteiger partial charge >= 0.3 is 0 Å². The van der Waals surface area contributed by atoms with Crippen molar-refractivity contribution < 1.29 is 4.79 Å². The van der Waals surface area contributed by atoms with Crippen LogP contribution in [-0.4, -0.2) is 10.9 Å². The number of nitrogens with one attached hydrogen (secondary N) is 1. The van der Waals surface area contributed by atoms with E-state index in [0.717, 1.165) is 16.8 Å². The van der Waals surface area contributed by atoms with Crippen LogP contribution in [0.1, 0.15) is 24.0 Å². The first-order valence-corrected chi connectivity index (χ1v) is 6.15. The molecule has 1 aromatic carbocycles. The molecule has 0 bridgehead atoms. The Morgan fingerprint density at radius 1 is 1.37 bits per heavy atom. The molecule has 1 aromatic heterocycles. The molecule has 0 saturated carbocycles. The van der Waals surface area contributed by atoms with Gasteiger partial charge in [-0.3, -0.25) is 9.78 Å². The smallest absolute Gasteiger partial charge is 0.231 e. The van der Waals surface area contributed by atoms with Crippen molar-refractivity contribution in [3.63, 3.8) is 0 Å². The zero-order valence-corrected chi connectivity index (χ0v) is 11.1. The highest BCUT2D eigenvalue weighted by atomic mass is 16.1. The van der Waals surface area contributed by atoms with Gasteiger partial charge < -0.3 is 11.1 Å². The van der Waals surface area contributed by atoms with E-state index in [1.54, 1.807) is 18.5 Å². The molecule has 19 heavy (non-hydrogen) atoms. The van der Waals surface area contributed by atoms with E-state index >= 15 is 0 Å². The van der Waals surface area contributed by atoms with Crippen molar-refractivity contribution in [2.24, 2.45) is 0 Å². The van der Waals surface area contributed by atoms with Crippen LogP contribution < -0.4 is 11.1 Å². The molecule has 1 amide bonds. The molecule has 0 fully saturated rings. The Hall–Kier alpha value is -2.36. The monoisotopic (exact) mass is 255 g/mol. The standard InChI is InChI=1S/C15H17N3O/c1-10-6-7-17-9-14(10)18-15(19)11(2)12-4-3-5-13(16)8-12/h3-9,11H,16H2,1-2H3,(H,18,19). The minimum absolute atomic E-state index is 0.0679. The van der Waals surface area contributed by atoms with Gasteiger partial charge in [0, 0.05) is 11.9 Å². The van der Waals surface area contributed by atoms with Crippen molar-refractivity contribution >= 4 is 17.3 Å². The summed E-state index contributed by atoms with van der Waals surface area (Å²) in [7, 11) is 0. The number of nitrogens with two attached hydrogens (primary N) is 1. The van der Waals surface area contributed by atoms with Gasteiger partial charge in [0.15, 0.2) is 0 Å². The summed E-state index contributed by atoms with van der Waals surface area (Å²) in [5.74, 6) is -0.329. The maximum atomic E-state index is 12.2. The first-order valence-electron chi connectivity index (χ1n) is 6.15. The van der Waals surface area contributed by atoms with Gasteiger partial charge in [0.1, 0.15) is 0 Å². The van der Waals surface area contributed by atoms with Gasteiger partial charge in [-0.05, 0) is 43.2 Å². The predicted molar refractivity (Wildman–Crippen MR) is 76.9 cm³/mol. The fraction of sp³-hybridized carbons (Fsp3) is 0.200. The minimum atomic E-state index is -0.261. The second-order valence-corrected chi connectivity index (χ2v) is 4.57. The third-order valence-electron chi connectivity index (χ3n) is 3.10. The average molecular weight is 255 g/mol. The number of aromatic nitrogens is 1. The van der Waals surface area contributed by atoms with Crippen molar-refractivity contribution in [1.29, 1.82) is 0 Å². The number of hydrogen-bond acceptors (Lipinski definition) is 3. The van der Waals surface area contributed by atoms with Crippen LogP contribution in [0.25, 0.3) is 0 Å². The Balaban J connectivity index is 2.14. The molecule has 1 heterocycles. The maximum absolute atomic E-state index is 12.2. The molecule has 0 radical (unpaired) electrons. The molecule has 1 atom stereocenters. The van der Waals surface area contributed by atoms with Crippen LogP contribution in [0.3, 0.4) is 0 Å². The molecule has 2 aromatic rings. The molecular formula is C15H17N3O. The first kappa shape index (κ1) is 13.1. The van der Waals surface area contributed by atoms with Crippen LogP contribution in [0.15, 0.2) is 42.7 Å². The summed E-state index contributed by atoms with van der Waals surface area (Å²) < 4.78 is 0. The second-order valence-electron chi connectivity index (χ2n) is 4.57. The number of nitrogens with zero attached hydrogens (tertiary/aromatic N) is 1. The molecule has 0 spiro atoms. The number of pyridine rings is 1. The predicted octanol–water partition coefficient (Wildman–Crippen LogP) is 2.71. The van der Waals surface area contributed by atoms with Gasteiger partial charge in [0.05, 0.1) is 17.8 Å². The fourth-order valence-electron chi connectivity index (χ4n) is 1.82. The van der Waals surface area contributed by atoms with E-state index in [1.807, 2.05) is 38.1 Å². The summed E-state index contributed by atoms with van der Waals surface area (Å²) in [6.45, 7) is 3.79. The van der Waals surface area contributed by atoms with Crippen LogP contribution in [0.2, 0.25) is 0 Å². The molecule has 0 aliphatic carbocycles. The zero-order valence-electron chi connectivity index (χ0n) is 11.1. The Bertz CT molecular complexity index is 595. The third kappa shape index (κ3) is 3.10. The zero-order chi connectivity index (χ0) is 13.8. The third-order valence-corrected chi connectivity index (χ3v) is 3.10. The molecule has 0 aliphatic heterocycles. The molecule has 4 heteroatoms. The molecule has 1 unspecified atom stereocenters. The number of rotatable bonds is 3. The van der Waals surface area contributed by atoms with Gasteiger partial charge in [-0.15, -0.1) is 0 Å². The van der Waals surface area contributed by atoms with Crippen molar-refractivity contribution in [2.45, 2.75) is 19.8 Å². The molecule has 98 valence electrons. The average Bonchev–Trinajstić information content (AvgIpc) is 2.40. The highest BCUT2D eigenvalue weighted by molar-refractivity contribution is 5.96. The summed E-state index contributed by atoms with van der Waals surface area (Å²) >= 11 is 0. The number of benzene rings is 1. The number of carbonyl (C=O) groups excluding carboxylic acids is 1. The lowest BCUT2D eigenvalue weighted by Crippen LogP contribution is -2.19. The van der Waals surface area contributed by atoms with Gasteiger partial charge in [-0.1, -0.05) is 12.1 Å². The minimum Gasteiger partial charge on any atom is -0.399 e. The van der Waals surface area contributed by atoms with Gasteiger partial charge in [0.25, 0.3) is 0 Å². The Morgan fingerprint density at radius 3 is 2.84 bits per heavy atom. The van der Waals surface area contributed by atoms with Gasteiger partial charge in [-0.25, -0.2) is 0 Å². The van der Waals surface area contributed by atoms with Crippen molar-refractivity contribution in [2.75, 3.05) is 11.1 Å². The van der Waals surface area contributed by atoms with E-state index < -0.39 is 0 Å². The van der Waals surface area contributed by atoms with Crippen molar-refractivity contribution in [1.82, 2.24) is 4.98 Å². The van der Waals surface area contributed by atoms with E-state index in [1.165, 1.54) is 0 Å². The number of hydrogen-bond donors (Lipinski definition) is 2. The lowest BCUT2D eigenvalue weighted by Gasteiger charge is -2.14. The molecule has 0 saturated heterocycles. The molecule has 3 N–H and O–H groups in total. The molecule has 2 rings (SSSR count). The number of aryl methyl sites for hydroxylation is 1. The van der Waals surface area contributed by atoms with Crippen LogP contribution in [0, 0.1) is 6.92 Å². The second kappa shape index (κ2) is 5.52. The summed E-state index contributed by atoms with van der Waals surface area (Å²) in [6, 6.07) is 9.24. The lowest BCUT2D eigenvalue weighted by molar-refractivity contribution is -0.117. The lowest BCUT2D eigenvalue weighted by atomic mass is 9.99. The Morgan fingerprint density at radius 2 is 2.16 bits per heavy atom. The van der Waals surface area contributed by atoms with E-state index in [-0.39, 0.29) is 11.8 Å². The van der Waals surface area contributed by atoms with Gasteiger partial charge in [0.2, 0.25) is 5.91 Å². The largest absolute Gasteiger partial charge is 0.399 e. The van der Waals surface area contributed by atoms with E-state index in [9.17, 15) is 4.79 Å². The highest BCUT2D eigenvalue weighted by Gasteiger charge is 2.16. The number of amides is 1. The first-order chi connectivity index (χ1) is 9.08. The molecule has 4 nitrogen and oxygen atoms in total. The molecular weight excluding hydrogens is 238 g/mol. The van der Waals surface area contributed by atoms with Crippen LogP contribution in [0.4, 0.5) is 11.4 Å². The Labute approximate surface area is 112 Å². The number of anilines is 2.